The molecule has 0 saturated carbocycles. The normalized spacial score (nSPS) is 21.5. The molecule has 2 fully saturated rings. The van der Waals surface area contributed by atoms with Crippen LogP contribution in [0.25, 0.3) is 10.9 Å². The fourth-order valence-corrected chi connectivity index (χ4v) is 3.97. The first-order valence-corrected chi connectivity index (χ1v) is 9.70. The Bertz CT molecular complexity index is 888. The number of amides is 1. The molecule has 144 valence electrons. The average Bonchev–Trinajstić information content (AvgIpc) is 3.08. The lowest BCUT2D eigenvalue weighted by Crippen LogP contribution is -2.41. The molecule has 1 aromatic heterocycles. The molecule has 0 spiro atoms. The first-order valence-electron chi connectivity index (χ1n) is 9.70. The Hall–Kier alpha value is -2.25. The molecule has 1 amide bonds. The predicted octanol–water partition coefficient (Wildman–Crippen LogP) is 1.26. The van der Waals surface area contributed by atoms with Crippen molar-refractivity contribution in [3.8, 4) is 0 Å². The van der Waals surface area contributed by atoms with Crippen LogP contribution in [0, 0.1) is 0 Å². The highest BCUT2D eigenvalue weighted by atomic mass is 16.5. The van der Waals surface area contributed by atoms with E-state index >= 15 is 0 Å². The monoisotopic (exact) mass is 370 g/mol. The Morgan fingerprint density at radius 3 is 2.85 bits per heavy atom. The summed E-state index contributed by atoms with van der Waals surface area (Å²) in [6, 6.07) is 5.16. The van der Waals surface area contributed by atoms with Crippen molar-refractivity contribution in [2.24, 2.45) is 7.05 Å². The summed E-state index contributed by atoms with van der Waals surface area (Å²) < 4.78 is 7.43. The lowest BCUT2D eigenvalue weighted by atomic mass is 10.1. The molecular weight excluding hydrogens is 344 g/mol. The molecule has 2 aliphatic heterocycles. The first-order chi connectivity index (χ1) is 13.1. The van der Waals surface area contributed by atoms with E-state index in [0.29, 0.717) is 36.2 Å². The number of aromatic nitrogens is 2. The summed E-state index contributed by atoms with van der Waals surface area (Å²) in [6.07, 6.45) is 4.89. The van der Waals surface area contributed by atoms with E-state index in [4.69, 9.17) is 4.74 Å². The van der Waals surface area contributed by atoms with Gasteiger partial charge in [-0.1, -0.05) is 0 Å². The van der Waals surface area contributed by atoms with Crippen molar-refractivity contribution in [2.45, 2.75) is 25.4 Å². The van der Waals surface area contributed by atoms with Gasteiger partial charge in [0.2, 0.25) is 0 Å². The number of fused-ring (bicyclic) bond motifs is 1. The number of aryl methyl sites for hydroxylation is 1. The van der Waals surface area contributed by atoms with Gasteiger partial charge in [-0.3, -0.25) is 9.59 Å². The number of carbonyl (C=O) groups excluding carboxylic acids is 1. The third-order valence-corrected chi connectivity index (χ3v) is 5.46. The zero-order valence-electron chi connectivity index (χ0n) is 15.8. The number of hydrogen-bond acceptors (Lipinski definition) is 5. The molecule has 0 unspecified atom stereocenters. The van der Waals surface area contributed by atoms with E-state index in [-0.39, 0.29) is 17.6 Å². The topological polar surface area (TPSA) is 67.7 Å². The Morgan fingerprint density at radius 2 is 2.04 bits per heavy atom. The molecule has 4 rings (SSSR count). The van der Waals surface area contributed by atoms with Crippen LogP contribution in [0.1, 0.15) is 29.6 Å². The molecule has 0 bridgehead atoms. The van der Waals surface area contributed by atoms with Gasteiger partial charge in [0.05, 0.1) is 23.3 Å². The van der Waals surface area contributed by atoms with E-state index in [0.717, 1.165) is 26.1 Å². The third kappa shape index (κ3) is 3.89. The van der Waals surface area contributed by atoms with E-state index in [1.54, 1.807) is 25.2 Å². The number of hydrogen-bond donors (Lipinski definition) is 0. The van der Waals surface area contributed by atoms with Crippen LogP contribution in [0.3, 0.4) is 0 Å². The van der Waals surface area contributed by atoms with Gasteiger partial charge in [0.25, 0.3) is 11.5 Å². The standard InChI is InChI=1S/C20H26N4O3/c1-22-14-21-18-11-15(5-6-17(18)20(22)26)19(25)24-9-4-10-27-16(13-24)12-23-7-2-3-8-23/h5-6,11,14,16H,2-4,7-10,12-13H2,1H3/t16-/m1/s1. The van der Waals surface area contributed by atoms with E-state index in [2.05, 4.69) is 9.88 Å². The first kappa shape index (κ1) is 18.1. The number of carbonyl (C=O) groups is 1. The number of rotatable bonds is 3. The number of likely N-dealkylation sites (tertiary alicyclic amines) is 1. The minimum atomic E-state index is -0.104. The van der Waals surface area contributed by atoms with Crippen molar-refractivity contribution >= 4 is 16.8 Å². The minimum Gasteiger partial charge on any atom is -0.375 e. The van der Waals surface area contributed by atoms with E-state index < -0.39 is 0 Å². The maximum Gasteiger partial charge on any atom is 0.260 e. The summed E-state index contributed by atoms with van der Waals surface area (Å²) in [4.78, 5) is 33.8. The quantitative estimate of drug-likeness (QED) is 0.814. The molecule has 2 aromatic rings. The Kier molecular flexibility index (Phi) is 5.22. The van der Waals surface area contributed by atoms with Crippen LogP contribution in [0.5, 0.6) is 0 Å². The zero-order chi connectivity index (χ0) is 18.8. The van der Waals surface area contributed by atoms with Crippen molar-refractivity contribution in [1.82, 2.24) is 19.4 Å². The number of ether oxygens (including phenoxy) is 1. The molecule has 0 radical (unpaired) electrons. The van der Waals surface area contributed by atoms with Crippen molar-refractivity contribution in [3.63, 3.8) is 0 Å². The van der Waals surface area contributed by atoms with Crippen molar-refractivity contribution in [2.75, 3.05) is 39.3 Å². The van der Waals surface area contributed by atoms with Crippen molar-refractivity contribution < 1.29 is 9.53 Å². The number of nitrogens with zero attached hydrogens (tertiary/aromatic N) is 4. The summed E-state index contributed by atoms with van der Waals surface area (Å²) >= 11 is 0. The predicted molar refractivity (Wildman–Crippen MR) is 103 cm³/mol. The fourth-order valence-electron chi connectivity index (χ4n) is 3.97. The van der Waals surface area contributed by atoms with Gasteiger partial charge in [-0.05, 0) is 50.6 Å². The van der Waals surface area contributed by atoms with Crippen LogP contribution in [-0.2, 0) is 11.8 Å². The SMILES string of the molecule is Cn1cnc2cc(C(=O)N3CCCO[C@H](CN4CCCC4)C3)ccc2c1=O. The smallest absolute Gasteiger partial charge is 0.260 e. The second-order valence-electron chi connectivity index (χ2n) is 7.50. The summed E-state index contributed by atoms with van der Waals surface area (Å²) in [5.41, 5.74) is 1.03. The molecule has 2 saturated heterocycles. The zero-order valence-corrected chi connectivity index (χ0v) is 15.8. The average molecular weight is 370 g/mol. The van der Waals surface area contributed by atoms with Gasteiger partial charge in [-0.15, -0.1) is 0 Å². The second kappa shape index (κ2) is 7.78. The molecule has 2 aliphatic rings. The molecule has 0 N–H and O–H groups in total. The molecule has 1 aromatic carbocycles. The van der Waals surface area contributed by atoms with Crippen LogP contribution in [-0.4, -0.2) is 70.7 Å². The fraction of sp³-hybridized carbons (Fsp3) is 0.550. The highest BCUT2D eigenvalue weighted by molar-refractivity contribution is 5.97. The highest BCUT2D eigenvalue weighted by Crippen LogP contribution is 2.16. The van der Waals surface area contributed by atoms with Gasteiger partial charge in [0.15, 0.2) is 0 Å². The van der Waals surface area contributed by atoms with Gasteiger partial charge in [-0.25, -0.2) is 4.98 Å². The Balaban J connectivity index is 1.52. The van der Waals surface area contributed by atoms with Gasteiger partial charge in [0.1, 0.15) is 0 Å². The lowest BCUT2D eigenvalue weighted by molar-refractivity contribution is 0.0297. The lowest BCUT2D eigenvalue weighted by Gasteiger charge is -2.27. The molecule has 1 atom stereocenters. The summed E-state index contributed by atoms with van der Waals surface area (Å²) in [6.45, 7) is 5.13. The maximum absolute atomic E-state index is 13.1. The van der Waals surface area contributed by atoms with Crippen LogP contribution < -0.4 is 5.56 Å². The molecule has 27 heavy (non-hydrogen) atoms. The van der Waals surface area contributed by atoms with E-state index in [1.807, 2.05) is 4.90 Å². The van der Waals surface area contributed by atoms with Crippen LogP contribution in [0.2, 0.25) is 0 Å². The molecular formula is C20H26N4O3. The highest BCUT2D eigenvalue weighted by Gasteiger charge is 2.26. The van der Waals surface area contributed by atoms with Gasteiger partial charge in [-0.2, -0.15) is 0 Å². The minimum absolute atomic E-state index is 0.0173. The molecule has 7 heteroatoms. The molecule has 0 aliphatic carbocycles. The van der Waals surface area contributed by atoms with Crippen molar-refractivity contribution in [3.05, 3.63) is 40.4 Å². The maximum atomic E-state index is 13.1. The van der Waals surface area contributed by atoms with Crippen molar-refractivity contribution in [1.29, 1.82) is 0 Å². The van der Waals surface area contributed by atoms with E-state index in [1.165, 1.54) is 23.7 Å². The van der Waals surface area contributed by atoms with E-state index in [9.17, 15) is 9.59 Å². The van der Waals surface area contributed by atoms with Gasteiger partial charge >= 0.3 is 0 Å². The van der Waals surface area contributed by atoms with Crippen LogP contribution >= 0.6 is 0 Å². The molecule has 3 heterocycles. The van der Waals surface area contributed by atoms with Crippen LogP contribution in [0.4, 0.5) is 0 Å². The van der Waals surface area contributed by atoms with Crippen LogP contribution in [0.15, 0.2) is 29.3 Å². The number of benzene rings is 1. The third-order valence-electron chi connectivity index (χ3n) is 5.46. The summed E-state index contributed by atoms with van der Waals surface area (Å²) in [7, 11) is 1.67. The Morgan fingerprint density at radius 1 is 1.22 bits per heavy atom. The van der Waals surface area contributed by atoms with Gasteiger partial charge in [0, 0.05) is 38.9 Å². The summed E-state index contributed by atoms with van der Waals surface area (Å²) in [5.74, 6) is -0.0173. The molecule has 7 nitrogen and oxygen atoms in total. The Labute approximate surface area is 158 Å². The van der Waals surface area contributed by atoms with Gasteiger partial charge < -0.3 is 19.1 Å². The largest absolute Gasteiger partial charge is 0.375 e. The second-order valence-corrected chi connectivity index (χ2v) is 7.50. The summed E-state index contributed by atoms with van der Waals surface area (Å²) in [5, 5.41) is 0.530.